The summed E-state index contributed by atoms with van der Waals surface area (Å²) in [5.74, 6) is 0. The summed E-state index contributed by atoms with van der Waals surface area (Å²) in [5, 5.41) is 50.5. The summed E-state index contributed by atoms with van der Waals surface area (Å²) in [6.07, 6.45) is -3.11. The molecule has 4 aromatic rings. The number of likely N-dealkylation sites (N-methyl/N-ethyl adjacent to an activating group) is 4. The third-order valence-electron chi connectivity index (χ3n) is 10.7. The molecule has 0 aliphatic heterocycles. The molecule has 0 radical (unpaired) electrons. The van der Waals surface area contributed by atoms with Crippen molar-refractivity contribution in [2.45, 2.75) is 76.3 Å². The number of hydrogen-bond donors (Lipinski definition) is 0. The summed E-state index contributed by atoms with van der Waals surface area (Å²) >= 11 is 0. The van der Waals surface area contributed by atoms with E-state index in [9.17, 15) is 20.4 Å². The minimum Gasteiger partial charge on any atom is -2.00 e. The number of nitrogens with zero attached hydrogens (tertiary/aromatic N) is 4. The van der Waals surface area contributed by atoms with Gasteiger partial charge in [0.2, 0.25) is 0 Å². The molecule has 0 amide bonds. The summed E-state index contributed by atoms with van der Waals surface area (Å²) in [5.41, 5.74) is 3.27. The van der Waals surface area contributed by atoms with Gasteiger partial charge in [0.15, 0.2) is 0 Å². The maximum atomic E-state index is 12.6. The monoisotopic (exact) mass is 998 g/mol. The normalized spacial score (nSPS) is 15.0. The van der Waals surface area contributed by atoms with Crippen molar-refractivity contribution in [2.75, 3.05) is 54.4 Å². The Bertz CT molecular complexity index is 1290. The van der Waals surface area contributed by atoms with E-state index in [2.05, 4.69) is 19.6 Å². The second-order valence-electron chi connectivity index (χ2n) is 14.2. The molecule has 4 rings (SSSR count). The third-order valence-corrected chi connectivity index (χ3v) is 10.7. The van der Waals surface area contributed by atoms with Crippen LogP contribution in [0.25, 0.3) is 0 Å². The fourth-order valence-corrected chi connectivity index (χ4v) is 6.05. The zero-order valence-electron chi connectivity index (χ0n) is 34.7. The van der Waals surface area contributed by atoms with Gasteiger partial charge in [-0.05, 0) is 52.4 Å². The smallest absolute Gasteiger partial charge is 2.00 e. The van der Waals surface area contributed by atoms with Crippen LogP contribution in [-0.4, -0.2) is 157 Å². The molecule has 0 bridgehead atoms. The topological polar surface area (TPSA) is 194 Å². The second kappa shape index (κ2) is 31.0. The number of benzene rings is 4. The standard InChI is InChI=1S/2C22H30N2O2.2H2O.O.2Sn/c2*1-17(21(25)19-11-7-5-8-12-19)23(3)15-16-24(4)18(2)22(26)20-13-9-6-10-14-20;;;;;/h2*5-14,17-18,21-22H,15-16H2,1-4H3;2*1H2;;;/q2*-2;;;-2;2*+4/p-2/t2*17-,18-,21-,22-;;;;;/m00...../s1. The zero-order chi connectivity index (χ0) is 38.2. The van der Waals surface area contributed by atoms with Crippen LogP contribution in [0.4, 0.5) is 0 Å². The summed E-state index contributed by atoms with van der Waals surface area (Å²) in [4.78, 5) is 8.32. The predicted molar refractivity (Wildman–Crippen MR) is 221 cm³/mol. The fraction of sp³-hybridized carbons (Fsp3) is 0.455. The first-order valence-corrected chi connectivity index (χ1v) is 18.5. The molecular formula is C44H62N4O7Sn2. The van der Waals surface area contributed by atoms with Crippen molar-refractivity contribution in [3.63, 3.8) is 0 Å². The Morgan fingerprint density at radius 1 is 0.351 bits per heavy atom. The van der Waals surface area contributed by atoms with Crippen LogP contribution in [0.2, 0.25) is 0 Å². The van der Waals surface area contributed by atoms with E-state index in [1.807, 2.05) is 177 Å². The van der Waals surface area contributed by atoms with E-state index in [1.165, 1.54) is 0 Å². The molecule has 4 aromatic carbocycles. The third kappa shape index (κ3) is 18.9. The van der Waals surface area contributed by atoms with E-state index < -0.39 is 24.4 Å². The molecule has 0 spiro atoms. The number of rotatable bonds is 18. The van der Waals surface area contributed by atoms with Crippen molar-refractivity contribution in [2.24, 2.45) is 0 Å². The van der Waals surface area contributed by atoms with E-state index in [-0.39, 0.29) is 88.4 Å². The van der Waals surface area contributed by atoms with Crippen LogP contribution in [0, 0.1) is 0 Å². The molecule has 11 nitrogen and oxygen atoms in total. The van der Waals surface area contributed by atoms with Crippen LogP contribution in [0.1, 0.15) is 74.4 Å². The molecule has 0 aromatic heterocycles. The van der Waals surface area contributed by atoms with E-state index in [4.69, 9.17) is 0 Å². The SMILES string of the molecule is C[C@@H]([C@H]([O-])c1ccccc1)N(C)CCN(C)[C@@H](C)[C@H]([O-])c1ccccc1.C[C@@H]([C@H]([O-])c1ccccc1)N(C)CCN(C)[C@@H](C)[C@H]([O-])c1ccccc1.[O-2].[OH-].[OH-].[Sn+4].[Sn+4]. The van der Waals surface area contributed by atoms with Crippen molar-refractivity contribution < 1.29 is 36.9 Å². The summed E-state index contributed by atoms with van der Waals surface area (Å²) in [7, 11) is 7.90. The molecule has 2 N–H and O–H groups in total. The van der Waals surface area contributed by atoms with Gasteiger partial charge in [0, 0.05) is 26.2 Å². The molecule has 0 saturated carbocycles. The molecule has 308 valence electrons. The Hall–Kier alpha value is -1.96. The Morgan fingerprint density at radius 2 is 0.491 bits per heavy atom. The van der Waals surface area contributed by atoms with Crippen LogP contribution in [0.3, 0.4) is 0 Å². The zero-order valence-corrected chi connectivity index (χ0v) is 40.4. The van der Waals surface area contributed by atoms with Gasteiger partial charge in [0.25, 0.3) is 0 Å². The van der Waals surface area contributed by atoms with Crippen molar-refractivity contribution in [1.29, 1.82) is 0 Å². The van der Waals surface area contributed by atoms with Crippen LogP contribution in [0.5, 0.6) is 0 Å². The molecule has 0 aliphatic carbocycles. The Labute approximate surface area is 376 Å². The minimum atomic E-state index is -0.777. The van der Waals surface area contributed by atoms with Crippen LogP contribution < -0.4 is 20.4 Å². The summed E-state index contributed by atoms with van der Waals surface area (Å²) in [6, 6.07) is 37.6. The molecule has 0 fully saturated rings. The van der Waals surface area contributed by atoms with Crippen LogP contribution >= 0.6 is 0 Å². The maximum Gasteiger partial charge on any atom is 4.00 e. The molecule has 8 atom stereocenters. The van der Waals surface area contributed by atoms with E-state index in [0.29, 0.717) is 0 Å². The Kier molecular flexibility index (Phi) is 32.3. The second-order valence-corrected chi connectivity index (χ2v) is 14.2. The van der Waals surface area contributed by atoms with Gasteiger partial charge >= 0.3 is 47.8 Å². The van der Waals surface area contributed by atoms with E-state index >= 15 is 0 Å². The first-order chi connectivity index (χ1) is 24.8. The molecule has 13 heteroatoms. The summed E-state index contributed by atoms with van der Waals surface area (Å²) in [6.45, 7) is 10.8. The van der Waals surface area contributed by atoms with E-state index in [1.54, 1.807) is 0 Å². The van der Waals surface area contributed by atoms with Crippen molar-refractivity contribution in [1.82, 2.24) is 19.6 Å². The van der Waals surface area contributed by atoms with Gasteiger partial charge in [-0.2, -0.15) is 0 Å². The molecule has 0 aliphatic rings. The quantitative estimate of drug-likeness (QED) is 0.134. The van der Waals surface area contributed by atoms with Gasteiger partial charge in [-0.1, -0.05) is 196 Å². The molecular weight excluding hydrogens is 934 g/mol. The van der Waals surface area contributed by atoms with Gasteiger partial charge in [0.1, 0.15) is 0 Å². The predicted octanol–water partition coefficient (Wildman–Crippen LogP) is 2.43. The molecule has 0 unspecified atom stereocenters. The van der Waals surface area contributed by atoms with Crippen molar-refractivity contribution in [3.05, 3.63) is 144 Å². The van der Waals surface area contributed by atoms with Crippen molar-refractivity contribution in [3.8, 4) is 0 Å². The minimum absolute atomic E-state index is 0. The summed E-state index contributed by atoms with van der Waals surface area (Å²) < 4.78 is 0. The van der Waals surface area contributed by atoms with Gasteiger partial charge < -0.3 is 56.5 Å². The van der Waals surface area contributed by atoms with Gasteiger partial charge in [-0.15, -0.1) is 0 Å². The average Bonchev–Trinajstić information content (AvgIpc) is 3.20. The van der Waals surface area contributed by atoms with Gasteiger partial charge in [0.05, 0.1) is 0 Å². The van der Waals surface area contributed by atoms with Gasteiger partial charge in [-0.25, -0.2) is 0 Å². The fourth-order valence-electron chi connectivity index (χ4n) is 6.05. The molecule has 0 saturated heterocycles. The Morgan fingerprint density at radius 3 is 0.632 bits per heavy atom. The number of hydrogen-bond acceptors (Lipinski definition) is 10. The molecule has 0 heterocycles. The van der Waals surface area contributed by atoms with E-state index in [0.717, 1.165) is 48.4 Å². The van der Waals surface area contributed by atoms with Crippen LogP contribution in [-0.2, 0) is 5.48 Å². The first kappa shape index (κ1) is 59.3. The van der Waals surface area contributed by atoms with Crippen molar-refractivity contribution >= 4 is 47.8 Å². The largest absolute Gasteiger partial charge is 4.00 e. The Balaban J connectivity index is -0.000000941. The first-order valence-electron chi connectivity index (χ1n) is 18.5. The average molecular weight is 996 g/mol. The molecule has 57 heavy (non-hydrogen) atoms. The van der Waals surface area contributed by atoms with Gasteiger partial charge in [-0.3, -0.25) is 0 Å². The maximum absolute atomic E-state index is 12.6. The van der Waals surface area contributed by atoms with Crippen LogP contribution in [0.15, 0.2) is 121 Å².